The summed E-state index contributed by atoms with van der Waals surface area (Å²) in [5, 5.41) is 8.82. The Hall–Kier alpha value is -0.440. The van der Waals surface area contributed by atoms with E-state index in [9.17, 15) is 4.79 Å². The number of allylic oxidation sites excluding steroid dienone is 2. The first-order valence-corrected chi connectivity index (χ1v) is 4.42. The largest absolute Gasteiger partial charge is 0.481 e. The van der Waals surface area contributed by atoms with Gasteiger partial charge in [0.05, 0.1) is 5.92 Å². The van der Waals surface area contributed by atoms with Crippen LogP contribution in [0.5, 0.6) is 0 Å². The molecule has 1 N–H and O–H groups in total. The molecule has 0 amide bonds. The lowest BCUT2D eigenvalue weighted by molar-refractivity contribution is -0.139. The average molecular weight is 186 g/mol. The van der Waals surface area contributed by atoms with Crippen molar-refractivity contribution >= 4 is 18.6 Å². The van der Waals surface area contributed by atoms with E-state index < -0.39 is 5.97 Å². The topological polar surface area (TPSA) is 37.3 Å². The number of aliphatic carboxylic acids is 1. The van der Waals surface area contributed by atoms with Gasteiger partial charge >= 0.3 is 5.97 Å². The number of rotatable bonds is 2. The fourth-order valence-electron chi connectivity index (χ4n) is 1.72. The molecule has 2 unspecified atom stereocenters. The van der Waals surface area contributed by atoms with Crippen molar-refractivity contribution in [2.45, 2.75) is 20.8 Å². The van der Waals surface area contributed by atoms with Crippen molar-refractivity contribution in [1.82, 2.24) is 0 Å². The molecule has 0 aromatic rings. The molecule has 2 atom stereocenters. The van der Waals surface area contributed by atoms with Crippen LogP contribution in [0.1, 0.15) is 20.8 Å². The van der Waals surface area contributed by atoms with E-state index in [4.69, 9.17) is 5.11 Å². The molecule has 1 saturated carbocycles. The molecule has 1 rings (SSSR count). The van der Waals surface area contributed by atoms with Gasteiger partial charge in [0, 0.05) is 0 Å². The van der Waals surface area contributed by atoms with E-state index in [1.54, 1.807) is 0 Å². The second-order valence-corrected chi connectivity index (χ2v) is 4.68. The van der Waals surface area contributed by atoms with Crippen molar-refractivity contribution < 1.29 is 9.90 Å². The van der Waals surface area contributed by atoms with Crippen molar-refractivity contribution in [2.75, 3.05) is 0 Å². The van der Waals surface area contributed by atoms with Crippen LogP contribution in [0.4, 0.5) is 0 Å². The molecule has 1 aliphatic rings. The van der Waals surface area contributed by atoms with E-state index in [2.05, 4.69) is 12.6 Å². The number of carboxylic acid groups (broad SMARTS) is 1. The van der Waals surface area contributed by atoms with E-state index in [1.165, 1.54) is 0 Å². The average Bonchev–Trinajstić information content (AvgIpc) is 2.32. The van der Waals surface area contributed by atoms with Crippen molar-refractivity contribution in [3.63, 3.8) is 0 Å². The summed E-state index contributed by atoms with van der Waals surface area (Å²) in [4.78, 5) is 11.6. The summed E-state index contributed by atoms with van der Waals surface area (Å²) >= 11 is 4.13. The number of hydrogen-bond acceptors (Lipinski definition) is 2. The van der Waals surface area contributed by atoms with Crippen LogP contribution in [-0.2, 0) is 4.79 Å². The summed E-state index contributed by atoms with van der Waals surface area (Å²) in [5.41, 5.74) is -0.0875. The van der Waals surface area contributed by atoms with Crippen molar-refractivity contribution in [1.29, 1.82) is 0 Å². The Balaban J connectivity index is 2.73. The summed E-state index contributed by atoms with van der Waals surface area (Å²) in [6.45, 7) is 5.82. The molecule has 2 nitrogen and oxygen atoms in total. The zero-order valence-electron chi connectivity index (χ0n) is 7.53. The Kier molecular flexibility index (Phi) is 2.25. The van der Waals surface area contributed by atoms with Gasteiger partial charge in [0.25, 0.3) is 0 Å². The van der Waals surface area contributed by atoms with Crippen LogP contribution in [0.15, 0.2) is 11.0 Å². The van der Waals surface area contributed by atoms with Gasteiger partial charge in [-0.3, -0.25) is 4.79 Å². The van der Waals surface area contributed by atoms with Crippen molar-refractivity contribution in [2.24, 2.45) is 17.3 Å². The van der Waals surface area contributed by atoms with Crippen LogP contribution in [0.2, 0.25) is 0 Å². The lowest BCUT2D eigenvalue weighted by Crippen LogP contribution is -2.02. The van der Waals surface area contributed by atoms with Gasteiger partial charge in [0.15, 0.2) is 0 Å². The number of carbonyl (C=O) groups is 1. The maximum atomic E-state index is 10.7. The summed E-state index contributed by atoms with van der Waals surface area (Å²) in [7, 11) is 0. The van der Waals surface area contributed by atoms with E-state index in [1.807, 2.05) is 26.8 Å². The molecule has 0 aromatic heterocycles. The van der Waals surface area contributed by atoms with Gasteiger partial charge in [-0.25, -0.2) is 0 Å². The third kappa shape index (κ3) is 1.51. The minimum Gasteiger partial charge on any atom is -0.481 e. The van der Waals surface area contributed by atoms with Crippen LogP contribution in [0, 0.1) is 17.3 Å². The standard InChI is InChI=1S/C9H14O2S/c1-5(12)4-6-7(8(10)11)9(6,2)3/h4,6-7,12H,1-3H3,(H,10,11). The molecular formula is C9H14O2S. The molecule has 0 aliphatic heterocycles. The first kappa shape index (κ1) is 9.65. The second kappa shape index (κ2) is 2.80. The van der Waals surface area contributed by atoms with E-state index in [0.717, 1.165) is 4.91 Å². The van der Waals surface area contributed by atoms with Crippen molar-refractivity contribution in [3.05, 3.63) is 11.0 Å². The SMILES string of the molecule is CC(S)=CC1C(C(=O)O)C1(C)C. The predicted molar refractivity (Wildman–Crippen MR) is 51.1 cm³/mol. The Labute approximate surface area is 78.1 Å². The number of carboxylic acids is 1. The molecule has 0 saturated heterocycles. The maximum Gasteiger partial charge on any atom is 0.307 e. The van der Waals surface area contributed by atoms with Gasteiger partial charge in [-0.15, -0.1) is 12.6 Å². The number of thiol groups is 1. The zero-order chi connectivity index (χ0) is 9.52. The molecule has 0 aromatic carbocycles. The Morgan fingerprint density at radius 1 is 1.58 bits per heavy atom. The third-order valence-corrected chi connectivity index (χ3v) is 2.75. The van der Waals surface area contributed by atoms with Gasteiger partial charge in [0.2, 0.25) is 0 Å². The fraction of sp³-hybridized carbons (Fsp3) is 0.667. The van der Waals surface area contributed by atoms with E-state index >= 15 is 0 Å². The van der Waals surface area contributed by atoms with Gasteiger partial charge in [-0.05, 0) is 23.2 Å². The van der Waals surface area contributed by atoms with E-state index in [-0.39, 0.29) is 17.3 Å². The van der Waals surface area contributed by atoms with Gasteiger partial charge < -0.3 is 5.11 Å². The highest BCUT2D eigenvalue weighted by Crippen LogP contribution is 2.59. The monoisotopic (exact) mass is 186 g/mol. The number of hydrogen-bond donors (Lipinski definition) is 2. The van der Waals surface area contributed by atoms with Crippen LogP contribution >= 0.6 is 12.6 Å². The maximum absolute atomic E-state index is 10.7. The van der Waals surface area contributed by atoms with Crippen molar-refractivity contribution in [3.8, 4) is 0 Å². The normalized spacial score (nSPS) is 33.2. The molecule has 0 spiro atoms. The highest BCUT2D eigenvalue weighted by molar-refractivity contribution is 7.84. The summed E-state index contributed by atoms with van der Waals surface area (Å²) in [5.74, 6) is -0.761. The van der Waals surface area contributed by atoms with Crippen LogP contribution in [-0.4, -0.2) is 11.1 Å². The predicted octanol–water partition coefficient (Wildman–Crippen LogP) is 2.18. The molecule has 0 bridgehead atoms. The zero-order valence-corrected chi connectivity index (χ0v) is 8.43. The van der Waals surface area contributed by atoms with Crippen LogP contribution in [0.3, 0.4) is 0 Å². The Morgan fingerprint density at radius 2 is 2.08 bits per heavy atom. The highest BCUT2D eigenvalue weighted by Gasteiger charge is 2.60. The molecule has 3 heteroatoms. The first-order chi connectivity index (χ1) is 5.37. The molecule has 12 heavy (non-hydrogen) atoms. The van der Waals surface area contributed by atoms with Gasteiger partial charge in [-0.2, -0.15) is 0 Å². The molecule has 0 heterocycles. The Bertz CT molecular complexity index is 239. The second-order valence-electron chi connectivity index (χ2n) is 3.97. The summed E-state index contributed by atoms with van der Waals surface area (Å²) in [6, 6.07) is 0. The minimum atomic E-state index is -0.698. The lowest BCUT2D eigenvalue weighted by atomic mass is 10.1. The van der Waals surface area contributed by atoms with E-state index in [0.29, 0.717) is 0 Å². The quantitative estimate of drug-likeness (QED) is 0.649. The third-order valence-electron chi connectivity index (χ3n) is 2.60. The molecule has 0 radical (unpaired) electrons. The minimum absolute atomic E-state index is 0.0875. The molecular weight excluding hydrogens is 172 g/mol. The smallest absolute Gasteiger partial charge is 0.307 e. The van der Waals surface area contributed by atoms with Crippen LogP contribution in [0.25, 0.3) is 0 Å². The lowest BCUT2D eigenvalue weighted by Gasteiger charge is -1.96. The summed E-state index contributed by atoms with van der Waals surface area (Å²) in [6.07, 6.45) is 1.93. The Morgan fingerprint density at radius 3 is 2.33 bits per heavy atom. The van der Waals surface area contributed by atoms with Gasteiger partial charge in [0.1, 0.15) is 0 Å². The fourth-order valence-corrected chi connectivity index (χ4v) is 1.88. The molecule has 1 aliphatic carbocycles. The van der Waals surface area contributed by atoms with Gasteiger partial charge in [-0.1, -0.05) is 19.9 Å². The van der Waals surface area contributed by atoms with Crippen LogP contribution < -0.4 is 0 Å². The summed E-state index contributed by atoms with van der Waals surface area (Å²) < 4.78 is 0. The molecule has 1 fully saturated rings. The first-order valence-electron chi connectivity index (χ1n) is 3.97. The molecule has 68 valence electrons. The highest BCUT2D eigenvalue weighted by atomic mass is 32.1.